The van der Waals surface area contributed by atoms with Crippen LogP contribution in [-0.4, -0.2) is 17.6 Å². The Morgan fingerprint density at radius 2 is 2.21 bits per heavy atom. The number of hydrogen-bond donors (Lipinski definition) is 1. The van der Waals surface area contributed by atoms with E-state index in [1.807, 2.05) is 41.2 Å². The first-order valence-corrected chi connectivity index (χ1v) is 6.52. The number of anilines is 1. The Bertz CT molecular complexity index is 689. The molecule has 96 valence electrons. The molecule has 1 aliphatic rings. The Labute approximate surface area is 118 Å². The molecule has 0 radical (unpaired) electrons. The van der Waals surface area contributed by atoms with Crippen LogP contribution >= 0.6 is 15.9 Å². The predicted octanol–water partition coefficient (Wildman–Crippen LogP) is 3.21. The van der Waals surface area contributed by atoms with Crippen LogP contribution in [0.3, 0.4) is 0 Å². The minimum Gasteiger partial charge on any atom is -0.495 e. The van der Waals surface area contributed by atoms with Gasteiger partial charge in [-0.3, -0.25) is 4.79 Å². The Kier molecular flexibility index (Phi) is 2.91. The van der Waals surface area contributed by atoms with Gasteiger partial charge in [0.05, 0.1) is 24.6 Å². The van der Waals surface area contributed by atoms with Crippen molar-refractivity contribution in [2.24, 2.45) is 0 Å². The van der Waals surface area contributed by atoms with E-state index in [2.05, 4.69) is 21.2 Å². The topological polar surface area (TPSA) is 43.3 Å². The van der Waals surface area contributed by atoms with Gasteiger partial charge in [0.2, 0.25) is 0 Å². The molecule has 5 heteroatoms. The molecule has 0 aliphatic carbocycles. The first kappa shape index (κ1) is 12.0. The van der Waals surface area contributed by atoms with Gasteiger partial charge in [0, 0.05) is 22.4 Å². The van der Waals surface area contributed by atoms with Crippen molar-refractivity contribution in [1.29, 1.82) is 0 Å². The average molecular weight is 319 g/mol. The molecule has 0 atom stereocenters. The van der Waals surface area contributed by atoms with Crippen molar-refractivity contribution in [2.75, 3.05) is 12.4 Å². The van der Waals surface area contributed by atoms with Crippen LogP contribution in [0.15, 0.2) is 41.1 Å². The van der Waals surface area contributed by atoms with Crippen molar-refractivity contribution in [3.8, 4) is 5.75 Å². The van der Waals surface area contributed by atoms with E-state index >= 15 is 0 Å². The fraction of sp³-hybridized carbons (Fsp3) is 0.0714. The van der Waals surface area contributed by atoms with Crippen LogP contribution in [0, 0.1) is 0 Å². The Morgan fingerprint density at radius 1 is 1.37 bits per heavy atom. The quantitative estimate of drug-likeness (QED) is 0.864. The number of carbonyl (C=O) groups is 1. The summed E-state index contributed by atoms with van der Waals surface area (Å²) < 4.78 is 7.82. The molecule has 0 spiro atoms. The van der Waals surface area contributed by atoms with Gasteiger partial charge < -0.3 is 14.6 Å². The van der Waals surface area contributed by atoms with Crippen molar-refractivity contribution in [3.63, 3.8) is 0 Å². The second-order valence-electron chi connectivity index (χ2n) is 4.16. The maximum Gasteiger partial charge on any atom is 0.257 e. The van der Waals surface area contributed by atoms with Crippen LogP contribution < -0.4 is 10.1 Å². The van der Waals surface area contributed by atoms with Crippen LogP contribution in [0.4, 0.5) is 5.69 Å². The SMILES string of the molecule is COc1ccn(C=C2C(=O)Nc3cccc(Br)c32)c1. The molecule has 1 aliphatic heterocycles. The van der Waals surface area contributed by atoms with Crippen molar-refractivity contribution in [2.45, 2.75) is 0 Å². The average Bonchev–Trinajstić information content (AvgIpc) is 2.96. The molecular weight excluding hydrogens is 308 g/mol. The van der Waals surface area contributed by atoms with Crippen LogP contribution in [0.5, 0.6) is 5.75 Å². The number of fused-ring (bicyclic) bond motifs is 1. The number of methoxy groups -OCH3 is 1. The molecule has 0 fully saturated rings. The standard InChI is InChI=1S/C14H11BrN2O2/c1-19-9-5-6-17(7-9)8-10-13-11(15)3-2-4-12(13)16-14(10)18/h2-8H,1H3,(H,16,18). The third-order valence-electron chi connectivity index (χ3n) is 2.98. The van der Waals surface area contributed by atoms with Gasteiger partial charge in [0.25, 0.3) is 5.91 Å². The van der Waals surface area contributed by atoms with Crippen molar-refractivity contribution < 1.29 is 9.53 Å². The van der Waals surface area contributed by atoms with Crippen molar-refractivity contribution in [1.82, 2.24) is 4.57 Å². The molecule has 1 aromatic heterocycles. The second kappa shape index (κ2) is 4.59. The molecule has 1 N–H and O–H groups in total. The zero-order valence-corrected chi connectivity index (χ0v) is 11.8. The first-order valence-electron chi connectivity index (χ1n) is 5.72. The summed E-state index contributed by atoms with van der Waals surface area (Å²) in [6.07, 6.45) is 5.44. The summed E-state index contributed by atoms with van der Waals surface area (Å²) in [6, 6.07) is 7.54. The number of halogens is 1. The zero-order valence-electron chi connectivity index (χ0n) is 10.2. The van der Waals surface area contributed by atoms with Gasteiger partial charge in [-0.1, -0.05) is 22.0 Å². The summed E-state index contributed by atoms with van der Waals surface area (Å²) in [5.41, 5.74) is 2.34. The highest BCUT2D eigenvalue weighted by atomic mass is 79.9. The monoisotopic (exact) mass is 318 g/mol. The molecule has 2 aromatic rings. The molecule has 3 rings (SSSR count). The second-order valence-corrected chi connectivity index (χ2v) is 5.01. The largest absolute Gasteiger partial charge is 0.495 e. The Morgan fingerprint density at radius 3 is 2.95 bits per heavy atom. The smallest absolute Gasteiger partial charge is 0.257 e. The third-order valence-corrected chi connectivity index (χ3v) is 3.64. The highest BCUT2D eigenvalue weighted by molar-refractivity contribution is 9.10. The maximum atomic E-state index is 12.0. The fourth-order valence-electron chi connectivity index (χ4n) is 2.07. The summed E-state index contributed by atoms with van der Waals surface area (Å²) >= 11 is 3.48. The molecule has 0 unspecified atom stereocenters. The van der Waals surface area contributed by atoms with E-state index in [9.17, 15) is 4.79 Å². The van der Waals surface area contributed by atoms with Crippen LogP contribution in [0.1, 0.15) is 5.56 Å². The summed E-state index contributed by atoms with van der Waals surface area (Å²) in [6.45, 7) is 0. The maximum absolute atomic E-state index is 12.0. The number of hydrogen-bond acceptors (Lipinski definition) is 2. The minimum atomic E-state index is -0.102. The van der Waals surface area contributed by atoms with Gasteiger partial charge >= 0.3 is 0 Å². The van der Waals surface area contributed by atoms with Gasteiger partial charge in [0.1, 0.15) is 5.75 Å². The summed E-state index contributed by atoms with van der Waals surface area (Å²) in [5, 5.41) is 2.85. The molecule has 4 nitrogen and oxygen atoms in total. The molecule has 2 heterocycles. The molecule has 1 aromatic carbocycles. The Hall–Kier alpha value is -2.01. The van der Waals surface area contributed by atoms with E-state index in [1.165, 1.54) is 0 Å². The van der Waals surface area contributed by atoms with Gasteiger partial charge in [-0.15, -0.1) is 0 Å². The van der Waals surface area contributed by atoms with E-state index in [4.69, 9.17) is 4.74 Å². The molecule has 0 saturated carbocycles. The highest BCUT2D eigenvalue weighted by Gasteiger charge is 2.26. The summed E-state index contributed by atoms with van der Waals surface area (Å²) in [7, 11) is 1.61. The number of benzene rings is 1. The van der Waals surface area contributed by atoms with Crippen molar-refractivity contribution in [3.05, 3.63) is 46.7 Å². The van der Waals surface area contributed by atoms with E-state index in [0.717, 1.165) is 21.5 Å². The number of carbonyl (C=O) groups excluding carboxylic acids is 1. The van der Waals surface area contributed by atoms with Gasteiger partial charge in [-0.25, -0.2) is 0 Å². The van der Waals surface area contributed by atoms with E-state index < -0.39 is 0 Å². The van der Waals surface area contributed by atoms with E-state index in [0.29, 0.717) is 5.57 Å². The number of rotatable bonds is 2. The van der Waals surface area contributed by atoms with Gasteiger partial charge in [0.15, 0.2) is 0 Å². The van der Waals surface area contributed by atoms with E-state index in [-0.39, 0.29) is 5.91 Å². The normalized spacial score (nSPS) is 15.5. The van der Waals surface area contributed by atoms with Gasteiger partial charge in [-0.05, 0) is 18.2 Å². The number of amides is 1. The van der Waals surface area contributed by atoms with Crippen LogP contribution in [0.25, 0.3) is 11.8 Å². The number of nitrogens with zero attached hydrogens (tertiary/aromatic N) is 1. The minimum absolute atomic E-state index is 0.102. The zero-order chi connectivity index (χ0) is 13.4. The fourth-order valence-corrected chi connectivity index (χ4v) is 2.65. The predicted molar refractivity (Wildman–Crippen MR) is 77.9 cm³/mol. The molecule has 0 bridgehead atoms. The first-order chi connectivity index (χ1) is 9.19. The van der Waals surface area contributed by atoms with E-state index in [1.54, 1.807) is 13.3 Å². The van der Waals surface area contributed by atoms with Crippen LogP contribution in [0.2, 0.25) is 0 Å². The lowest BCUT2D eigenvalue weighted by Gasteiger charge is -2.01. The molecule has 19 heavy (non-hydrogen) atoms. The highest BCUT2D eigenvalue weighted by Crippen LogP contribution is 2.37. The molecule has 1 amide bonds. The lowest BCUT2D eigenvalue weighted by Crippen LogP contribution is -2.04. The molecule has 0 saturated heterocycles. The Balaban J connectivity index is 2.09. The third kappa shape index (κ3) is 2.06. The van der Waals surface area contributed by atoms with Crippen LogP contribution in [-0.2, 0) is 4.79 Å². The number of nitrogens with one attached hydrogen (secondary N) is 1. The van der Waals surface area contributed by atoms with Gasteiger partial charge in [-0.2, -0.15) is 0 Å². The number of ether oxygens (including phenoxy) is 1. The lowest BCUT2D eigenvalue weighted by molar-refractivity contribution is -0.110. The lowest BCUT2D eigenvalue weighted by atomic mass is 10.1. The summed E-state index contributed by atoms with van der Waals surface area (Å²) in [5.74, 6) is 0.650. The molecular formula is C14H11BrN2O2. The summed E-state index contributed by atoms with van der Waals surface area (Å²) in [4.78, 5) is 12.0. The van der Waals surface area contributed by atoms with Crippen molar-refractivity contribution >= 4 is 39.3 Å². The number of aromatic nitrogens is 1.